The number of aryl methyl sites for hydroxylation is 2. The van der Waals surface area contributed by atoms with E-state index in [0.717, 1.165) is 27.8 Å². The molecule has 0 spiro atoms. The lowest BCUT2D eigenvalue weighted by Crippen LogP contribution is -2.50. The number of allylic oxidation sites excluding steroid dienone is 1. The van der Waals surface area contributed by atoms with Gasteiger partial charge in [-0.25, -0.2) is 0 Å². The summed E-state index contributed by atoms with van der Waals surface area (Å²) in [4.78, 5) is 28.7. The highest BCUT2D eigenvalue weighted by Crippen LogP contribution is 2.21. The molecular formula is C22H28N4O3. The summed E-state index contributed by atoms with van der Waals surface area (Å²) in [6.45, 7) is 7.18. The number of nitrogens with two attached hydrogens (primary N) is 1. The van der Waals surface area contributed by atoms with E-state index in [1.54, 1.807) is 37.7 Å². The minimum absolute atomic E-state index is 0.182. The van der Waals surface area contributed by atoms with E-state index in [1.807, 2.05) is 32.9 Å². The fourth-order valence-corrected chi connectivity index (χ4v) is 2.97. The van der Waals surface area contributed by atoms with Crippen LogP contribution in [-0.4, -0.2) is 34.0 Å². The minimum atomic E-state index is -0.806. The van der Waals surface area contributed by atoms with E-state index in [1.165, 1.54) is 0 Å². The van der Waals surface area contributed by atoms with E-state index >= 15 is 0 Å². The van der Waals surface area contributed by atoms with Crippen LogP contribution < -0.4 is 16.4 Å². The van der Waals surface area contributed by atoms with Crippen molar-refractivity contribution >= 4 is 17.4 Å². The standard InChI is InChI=1S/C22H28N4O3/c1-13-8-18(27)9-14(2)19(13)10-20(23)22(29)26-16(4)21(28)25-11-15(3)17-6-5-7-24-12-17/h5-9,11-12,16,20,27H,10,23H2,1-4H3,(H,25,28)(H,26,29)/t16-,20?/m1/s1. The number of pyridine rings is 1. The summed E-state index contributed by atoms with van der Waals surface area (Å²) in [5.74, 6) is -0.569. The van der Waals surface area contributed by atoms with E-state index in [9.17, 15) is 14.7 Å². The zero-order valence-electron chi connectivity index (χ0n) is 17.2. The molecule has 0 aliphatic rings. The lowest BCUT2D eigenvalue weighted by Gasteiger charge is -2.18. The van der Waals surface area contributed by atoms with Crippen molar-refractivity contribution in [2.75, 3.05) is 0 Å². The molecule has 0 aliphatic heterocycles. The van der Waals surface area contributed by atoms with Gasteiger partial charge in [0.05, 0.1) is 6.04 Å². The zero-order chi connectivity index (χ0) is 21.6. The number of aromatic nitrogens is 1. The van der Waals surface area contributed by atoms with Gasteiger partial charge in [-0.1, -0.05) is 6.07 Å². The number of nitrogens with one attached hydrogen (secondary N) is 2. The van der Waals surface area contributed by atoms with Gasteiger partial charge in [-0.3, -0.25) is 14.6 Å². The van der Waals surface area contributed by atoms with Crippen molar-refractivity contribution < 1.29 is 14.7 Å². The van der Waals surface area contributed by atoms with Gasteiger partial charge in [-0.2, -0.15) is 0 Å². The predicted octanol–water partition coefficient (Wildman–Crippen LogP) is 1.96. The molecule has 1 unspecified atom stereocenters. The van der Waals surface area contributed by atoms with E-state index in [4.69, 9.17) is 5.73 Å². The number of hydrogen-bond acceptors (Lipinski definition) is 5. The largest absolute Gasteiger partial charge is 0.508 e. The molecule has 2 rings (SSSR count). The average molecular weight is 396 g/mol. The highest BCUT2D eigenvalue weighted by atomic mass is 16.3. The Bertz CT molecular complexity index is 887. The van der Waals surface area contributed by atoms with E-state index < -0.39 is 18.0 Å². The summed E-state index contributed by atoms with van der Waals surface area (Å²) in [6.07, 6.45) is 5.29. The van der Waals surface area contributed by atoms with Crippen LogP contribution in [0.25, 0.3) is 5.57 Å². The first-order valence-electron chi connectivity index (χ1n) is 9.41. The molecule has 0 saturated carbocycles. The van der Waals surface area contributed by atoms with Crippen molar-refractivity contribution in [2.45, 2.75) is 46.2 Å². The average Bonchev–Trinajstić information content (AvgIpc) is 2.68. The van der Waals surface area contributed by atoms with Gasteiger partial charge >= 0.3 is 0 Å². The Hall–Kier alpha value is -3.19. The van der Waals surface area contributed by atoms with Gasteiger partial charge in [0.2, 0.25) is 11.8 Å². The predicted molar refractivity (Wildman–Crippen MR) is 113 cm³/mol. The summed E-state index contributed by atoms with van der Waals surface area (Å²) in [5.41, 5.74) is 10.4. The molecule has 154 valence electrons. The number of nitrogens with zero attached hydrogens (tertiary/aromatic N) is 1. The topological polar surface area (TPSA) is 117 Å². The van der Waals surface area contributed by atoms with Gasteiger partial charge in [0.15, 0.2) is 0 Å². The lowest BCUT2D eigenvalue weighted by atomic mass is 9.96. The molecule has 0 radical (unpaired) electrons. The first kappa shape index (κ1) is 22.1. The molecule has 7 nitrogen and oxygen atoms in total. The van der Waals surface area contributed by atoms with Crippen molar-refractivity contribution in [1.29, 1.82) is 0 Å². The molecule has 2 amide bonds. The maximum absolute atomic E-state index is 12.4. The van der Waals surface area contributed by atoms with Crippen LogP contribution in [-0.2, 0) is 16.0 Å². The Balaban J connectivity index is 1.93. The van der Waals surface area contributed by atoms with E-state index in [-0.39, 0.29) is 11.7 Å². The summed E-state index contributed by atoms with van der Waals surface area (Å²) in [5, 5.41) is 15.0. The molecule has 1 aromatic heterocycles. The first-order chi connectivity index (χ1) is 13.7. The van der Waals surface area contributed by atoms with Crippen LogP contribution in [0, 0.1) is 13.8 Å². The Morgan fingerprint density at radius 1 is 1.24 bits per heavy atom. The molecule has 1 heterocycles. The second-order valence-corrected chi connectivity index (χ2v) is 7.18. The maximum atomic E-state index is 12.4. The molecule has 2 aromatic rings. The summed E-state index contributed by atoms with van der Waals surface area (Å²) in [6, 6.07) is 5.44. The van der Waals surface area contributed by atoms with Crippen LogP contribution in [0.15, 0.2) is 42.9 Å². The molecule has 0 aliphatic carbocycles. The Labute approximate surface area is 171 Å². The van der Waals surface area contributed by atoms with Crippen LogP contribution in [0.4, 0.5) is 0 Å². The monoisotopic (exact) mass is 396 g/mol. The Morgan fingerprint density at radius 2 is 1.90 bits per heavy atom. The van der Waals surface area contributed by atoms with Crippen molar-refractivity contribution in [3.63, 3.8) is 0 Å². The van der Waals surface area contributed by atoms with E-state index in [0.29, 0.717) is 6.42 Å². The third kappa shape index (κ3) is 6.15. The van der Waals surface area contributed by atoms with Crippen LogP contribution in [0.3, 0.4) is 0 Å². The van der Waals surface area contributed by atoms with Crippen LogP contribution in [0.2, 0.25) is 0 Å². The van der Waals surface area contributed by atoms with Crippen molar-refractivity contribution in [2.24, 2.45) is 5.73 Å². The summed E-state index contributed by atoms with van der Waals surface area (Å²) in [7, 11) is 0. The highest BCUT2D eigenvalue weighted by Gasteiger charge is 2.21. The minimum Gasteiger partial charge on any atom is -0.508 e. The molecule has 7 heteroatoms. The number of aromatic hydroxyl groups is 1. The van der Waals surface area contributed by atoms with Crippen LogP contribution in [0.1, 0.15) is 36.1 Å². The Kier molecular flexibility index (Phi) is 7.50. The quantitative estimate of drug-likeness (QED) is 0.571. The number of phenolic OH excluding ortho intramolecular Hbond substituents is 1. The van der Waals surface area contributed by atoms with Crippen LogP contribution >= 0.6 is 0 Å². The number of hydrogen-bond donors (Lipinski definition) is 4. The lowest BCUT2D eigenvalue weighted by molar-refractivity contribution is -0.128. The molecule has 0 fully saturated rings. The summed E-state index contributed by atoms with van der Waals surface area (Å²) < 4.78 is 0. The third-order valence-electron chi connectivity index (χ3n) is 4.74. The van der Waals surface area contributed by atoms with Crippen molar-refractivity contribution in [3.05, 3.63) is 65.1 Å². The van der Waals surface area contributed by atoms with Gasteiger partial charge in [0, 0.05) is 18.6 Å². The second-order valence-electron chi connectivity index (χ2n) is 7.18. The SMILES string of the molecule is CC(=CNC(=O)[C@@H](C)NC(=O)C(N)Cc1c(C)cc(O)cc1C)c1cccnc1. The van der Waals surface area contributed by atoms with Gasteiger partial charge in [0.25, 0.3) is 0 Å². The van der Waals surface area contributed by atoms with Crippen molar-refractivity contribution in [3.8, 4) is 5.75 Å². The molecular weight excluding hydrogens is 368 g/mol. The summed E-state index contributed by atoms with van der Waals surface area (Å²) >= 11 is 0. The number of rotatable bonds is 7. The molecule has 1 aromatic carbocycles. The van der Waals surface area contributed by atoms with Gasteiger partial charge in [-0.15, -0.1) is 0 Å². The molecule has 0 saturated heterocycles. The number of carbonyl (C=O) groups is 2. The van der Waals surface area contributed by atoms with Gasteiger partial charge in [0.1, 0.15) is 11.8 Å². The second kappa shape index (κ2) is 9.84. The van der Waals surface area contributed by atoms with Crippen molar-refractivity contribution in [1.82, 2.24) is 15.6 Å². The Morgan fingerprint density at radius 3 is 2.48 bits per heavy atom. The van der Waals surface area contributed by atoms with Gasteiger partial charge < -0.3 is 21.5 Å². The number of phenols is 1. The molecule has 5 N–H and O–H groups in total. The molecule has 0 bridgehead atoms. The van der Waals surface area contributed by atoms with Gasteiger partial charge in [-0.05, 0) is 80.1 Å². The first-order valence-corrected chi connectivity index (χ1v) is 9.41. The normalized spacial score (nSPS) is 13.5. The maximum Gasteiger partial charge on any atom is 0.246 e. The fourth-order valence-electron chi connectivity index (χ4n) is 2.97. The molecule has 2 atom stereocenters. The third-order valence-corrected chi connectivity index (χ3v) is 4.74. The fraction of sp³-hybridized carbons (Fsp3) is 0.318. The molecule has 29 heavy (non-hydrogen) atoms. The number of amides is 2. The van der Waals surface area contributed by atoms with Crippen LogP contribution in [0.5, 0.6) is 5.75 Å². The number of carbonyl (C=O) groups excluding carboxylic acids is 2. The van der Waals surface area contributed by atoms with E-state index in [2.05, 4.69) is 15.6 Å². The zero-order valence-corrected chi connectivity index (χ0v) is 17.2. The smallest absolute Gasteiger partial charge is 0.246 e. The highest BCUT2D eigenvalue weighted by molar-refractivity contribution is 5.90. The number of benzene rings is 1.